The number of hydrogen-bond donors (Lipinski definition) is 3. The normalized spacial score (nSPS) is 17.3. The van der Waals surface area contributed by atoms with E-state index in [1.165, 1.54) is 24.3 Å². The number of amides is 4. The lowest BCUT2D eigenvalue weighted by Gasteiger charge is -2.33. The Kier molecular flexibility index (Phi) is 8.67. The molecule has 0 spiro atoms. The van der Waals surface area contributed by atoms with Crippen molar-refractivity contribution in [3.05, 3.63) is 72.7 Å². The van der Waals surface area contributed by atoms with Gasteiger partial charge in [0.2, 0.25) is 11.8 Å². The Morgan fingerprint density at radius 2 is 1.60 bits per heavy atom. The first-order valence-electron chi connectivity index (χ1n) is 14.0. The molecule has 1 saturated carbocycles. The fourth-order valence-electron chi connectivity index (χ4n) is 5.11. The summed E-state index contributed by atoms with van der Waals surface area (Å²) in [6.45, 7) is 2.37. The number of hydrogen-bond acceptors (Lipinski definition) is 6. The third kappa shape index (κ3) is 7.22. The van der Waals surface area contributed by atoms with Crippen molar-refractivity contribution in [2.75, 3.05) is 49.7 Å². The highest BCUT2D eigenvalue weighted by Gasteiger charge is 2.56. The van der Waals surface area contributed by atoms with E-state index >= 15 is 0 Å². The third-order valence-electron chi connectivity index (χ3n) is 7.47. The molecule has 11 heteroatoms. The predicted octanol–water partition coefficient (Wildman–Crippen LogP) is 5.18. The minimum Gasteiger partial charge on any atom is -0.457 e. The number of halogens is 1. The lowest BCUT2D eigenvalue weighted by molar-refractivity contribution is -0.131. The number of benzene rings is 2. The summed E-state index contributed by atoms with van der Waals surface area (Å²) in [6.07, 6.45) is 4.52. The van der Waals surface area contributed by atoms with Crippen molar-refractivity contribution < 1.29 is 23.5 Å². The van der Waals surface area contributed by atoms with E-state index in [0.717, 1.165) is 25.9 Å². The van der Waals surface area contributed by atoms with Crippen LogP contribution in [0.1, 0.15) is 25.7 Å². The molecule has 42 heavy (non-hydrogen) atoms. The molecule has 5 rings (SSSR count). The molecule has 2 heterocycles. The van der Waals surface area contributed by atoms with Crippen LogP contribution in [0.4, 0.5) is 26.4 Å². The molecule has 3 aromatic rings. The molecule has 1 saturated heterocycles. The summed E-state index contributed by atoms with van der Waals surface area (Å²) in [5.74, 6) is 0.642. The molecule has 2 fully saturated rings. The highest BCUT2D eigenvalue weighted by Crippen LogP contribution is 2.47. The number of likely N-dealkylation sites (tertiary alicyclic amines) is 1. The molecule has 1 aliphatic carbocycles. The lowest BCUT2D eigenvalue weighted by atomic mass is 9.98. The molecule has 1 unspecified atom stereocenters. The first-order valence-corrected chi connectivity index (χ1v) is 14.0. The van der Waals surface area contributed by atoms with E-state index in [2.05, 4.69) is 25.8 Å². The second-order valence-electron chi connectivity index (χ2n) is 11.1. The van der Waals surface area contributed by atoms with E-state index in [4.69, 9.17) is 4.74 Å². The number of anilines is 3. The zero-order chi connectivity index (χ0) is 29.7. The molecule has 220 valence electrons. The lowest BCUT2D eigenvalue weighted by Crippen LogP contribution is -2.44. The number of ether oxygens (including phenoxy) is 1. The molecule has 4 amide bonds. The van der Waals surface area contributed by atoms with Crippen LogP contribution in [0.3, 0.4) is 0 Å². The van der Waals surface area contributed by atoms with Crippen molar-refractivity contribution in [3.8, 4) is 11.5 Å². The molecular weight excluding hydrogens is 539 g/mol. The zero-order valence-electron chi connectivity index (χ0n) is 23.7. The van der Waals surface area contributed by atoms with E-state index in [1.54, 1.807) is 42.6 Å². The standard InChI is InChI=1S/C31H35FN6O4/c1-37(2)19-21-4-3-17-38(20-21)30(41)36-27-18-26(13-16-33-27)42-25-11-9-24(10-12-25)35-29(40)31(14-15-31)28(39)34-23-7-5-22(32)6-8-23/h5-13,16,18,21H,3-4,14-15,17,19-20H2,1-2H3,(H,34,39)(H,35,40)(H,33,36,41). The van der Waals surface area contributed by atoms with Crippen LogP contribution in [-0.4, -0.2) is 66.4 Å². The Morgan fingerprint density at radius 1 is 0.952 bits per heavy atom. The number of aromatic nitrogens is 1. The van der Waals surface area contributed by atoms with E-state index in [1.807, 2.05) is 19.0 Å². The Balaban J connectivity index is 1.14. The molecule has 0 radical (unpaired) electrons. The molecule has 1 atom stereocenters. The Hall–Kier alpha value is -4.51. The van der Waals surface area contributed by atoms with Crippen molar-refractivity contribution in [1.29, 1.82) is 0 Å². The number of carbonyl (C=O) groups is 3. The number of rotatable bonds is 9. The number of nitrogens with one attached hydrogen (secondary N) is 3. The van der Waals surface area contributed by atoms with Crippen LogP contribution in [0.25, 0.3) is 0 Å². The second-order valence-corrected chi connectivity index (χ2v) is 11.1. The summed E-state index contributed by atoms with van der Waals surface area (Å²) >= 11 is 0. The Morgan fingerprint density at radius 3 is 2.21 bits per heavy atom. The van der Waals surface area contributed by atoms with Gasteiger partial charge in [-0.05, 0) is 100 Å². The van der Waals surface area contributed by atoms with Crippen LogP contribution in [0, 0.1) is 17.2 Å². The number of pyridine rings is 1. The molecule has 1 aromatic heterocycles. The molecule has 1 aliphatic heterocycles. The van der Waals surface area contributed by atoms with Gasteiger partial charge < -0.3 is 25.2 Å². The highest BCUT2D eigenvalue weighted by molar-refractivity contribution is 6.16. The third-order valence-corrected chi connectivity index (χ3v) is 7.47. The quantitative estimate of drug-likeness (QED) is 0.304. The van der Waals surface area contributed by atoms with Gasteiger partial charge in [-0.25, -0.2) is 14.2 Å². The Bertz CT molecular complexity index is 1430. The predicted molar refractivity (Wildman–Crippen MR) is 158 cm³/mol. The summed E-state index contributed by atoms with van der Waals surface area (Å²) in [4.78, 5) is 46.8. The van der Waals surface area contributed by atoms with Crippen molar-refractivity contribution >= 4 is 35.0 Å². The molecule has 3 N–H and O–H groups in total. The van der Waals surface area contributed by atoms with Gasteiger partial charge in [0.25, 0.3) is 0 Å². The molecule has 2 aromatic carbocycles. The SMILES string of the molecule is CN(C)CC1CCCN(C(=O)Nc2cc(Oc3ccc(NC(=O)C4(C(=O)Nc5ccc(F)cc5)CC4)cc3)ccn2)C1. The summed E-state index contributed by atoms with van der Waals surface area (Å²) in [5.41, 5.74) is -0.200. The fraction of sp³-hybridized carbons (Fsp3) is 0.355. The first kappa shape index (κ1) is 29.0. The number of carbonyl (C=O) groups excluding carboxylic acids is 3. The average Bonchev–Trinajstić information content (AvgIpc) is 3.78. The summed E-state index contributed by atoms with van der Waals surface area (Å²) in [5, 5.41) is 8.38. The summed E-state index contributed by atoms with van der Waals surface area (Å²) < 4.78 is 19.1. The molecule has 0 bridgehead atoms. The van der Waals surface area contributed by atoms with Crippen LogP contribution < -0.4 is 20.7 Å². The maximum atomic E-state index is 13.2. The average molecular weight is 575 g/mol. The van der Waals surface area contributed by atoms with Crippen LogP contribution in [0.5, 0.6) is 11.5 Å². The smallest absolute Gasteiger partial charge is 0.323 e. The van der Waals surface area contributed by atoms with Crippen molar-refractivity contribution in [3.63, 3.8) is 0 Å². The van der Waals surface area contributed by atoms with E-state index < -0.39 is 23.0 Å². The topological polar surface area (TPSA) is 116 Å². The molecule has 2 aliphatic rings. The maximum Gasteiger partial charge on any atom is 0.323 e. The monoisotopic (exact) mass is 574 g/mol. The van der Waals surface area contributed by atoms with Crippen LogP contribution in [-0.2, 0) is 9.59 Å². The molecular formula is C31H35FN6O4. The van der Waals surface area contributed by atoms with Crippen molar-refractivity contribution in [2.24, 2.45) is 11.3 Å². The fourth-order valence-corrected chi connectivity index (χ4v) is 5.11. The number of nitrogens with zero attached hydrogens (tertiary/aromatic N) is 3. The van der Waals surface area contributed by atoms with E-state index in [9.17, 15) is 18.8 Å². The largest absolute Gasteiger partial charge is 0.457 e. The van der Waals surface area contributed by atoms with E-state index in [0.29, 0.717) is 54.0 Å². The number of piperidine rings is 1. The van der Waals surface area contributed by atoms with E-state index in [-0.39, 0.29) is 6.03 Å². The van der Waals surface area contributed by atoms with Gasteiger partial charge in [0.1, 0.15) is 28.5 Å². The second kappa shape index (κ2) is 12.6. The minimum atomic E-state index is -1.15. The minimum absolute atomic E-state index is 0.178. The highest BCUT2D eigenvalue weighted by atomic mass is 19.1. The van der Waals surface area contributed by atoms with Crippen LogP contribution >= 0.6 is 0 Å². The summed E-state index contributed by atoms with van der Waals surface area (Å²) in [7, 11) is 4.09. The van der Waals surface area contributed by atoms with Gasteiger partial charge in [-0.3, -0.25) is 14.9 Å². The summed E-state index contributed by atoms with van der Waals surface area (Å²) in [6, 6.07) is 15.3. The van der Waals surface area contributed by atoms with Gasteiger partial charge in [0, 0.05) is 43.3 Å². The van der Waals surface area contributed by atoms with Crippen LogP contribution in [0.2, 0.25) is 0 Å². The Labute approximate surface area is 244 Å². The first-order chi connectivity index (χ1) is 20.2. The van der Waals surface area contributed by atoms with Gasteiger partial charge in [0.15, 0.2) is 0 Å². The molecule has 10 nitrogen and oxygen atoms in total. The maximum absolute atomic E-state index is 13.2. The van der Waals surface area contributed by atoms with Gasteiger partial charge in [-0.15, -0.1) is 0 Å². The van der Waals surface area contributed by atoms with Gasteiger partial charge in [-0.1, -0.05) is 0 Å². The van der Waals surface area contributed by atoms with Gasteiger partial charge in [-0.2, -0.15) is 0 Å². The zero-order valence-corrected chi connectivity index (χ0v) is 23.7. The van der Waals surface area contributed by atoms with Gasteiger partial charge >= 0.3 is 6.03 Å². The van der Waals surface area contributed by atoms with Crippen molar-refractivity contribution in [1.82, 2.24) is 14.8 Å². The number of urea groups is 1. The van der Waals surface area contributed by atoms with Crippen molar-refractivity contribution in [2.45, 2.75) is 25.7 Å². The van der Waals surface area contributed by atoms with Gasteiger partial charge in [0.05, 0.1) is 0 Å². The van der Waals surface area contributed by atoms with Crippen LogP contribution in [0.15, 0.2) is 66.9 Å².